The summed E-state index contributed by atoms with van der Waals surface area (Å²) >= 11 is 6.67. The van der Waals surface area contributed by atoms with E-state index >= 15 is 0 Å². The smallest absolute Gasteiger partial charge is 0.251 e. The molecule has 104 valence electrons. The predicted molar refractivity (Wildman–Crippen MR) is 74.0 cm³/mol. The van der Waals surface area contributed by atoms with Gasteiger partial charge in [0.25, 0.3) is 10.0 Å². The number of hydrogen-bond donors (Lipinski definition) is 1. The summed E-state index contributed by atoms with van der Waals surface area (Å²) in [4.78, 5) is 3.90. The first-order chi connectivity index (χ1) is 8.88. The molecule has 0 aromatic carbocycles. The molecule has 2 aromatic heterocycles. The molecule has 0 aliphatic heterocycles. The number of nitrogens with one attached hydrogen (secondary N) is 1. The Bertz CT molecular complexity index is 678. The van der Waals surface area contributed by atoms with Gasteiger partial charge < -0.3 is 0 Å². The van der Waals surface area contributed by atoms with Crippen LogP contribution in [0.5, 0.6) is 0 Å². The normalized spacial score (nSPS) is 11.9. The number of thiazole rings is 1. The molecule has 2 heterocycles. The Balaban J connectivity index is 2.00. The van der Waals surface area contributed by atoms with Crippen molar-refractivity contribution in [2.45, 2.75) is 17.6 Å². The molecule has 0 saturated carbocycles. The number of aryl methyl sites for hydroxylation is 2. The van der Waals surface area contributed by atoms with Gasteiger partial charge in [0.1, 0.15) is 0 Å². The van der Waals surface area contributed by atoms with E-state index in [1.165, 1.54) is 0 Å². The van der Waals surface area contributed by atoms with Crippen LogP contribution in [-0.4, -0.2) is 29.7 Å². The molecule has 0 bridgehead atoms. The second-order valence-corrected chi connectivity index (χ2v) is 7.55. The molecule has 0 aliphatic carbocycles. The molecule has 0 aliphatic rings. The van der Waals surface area contributed by atoms with Crippen LogP contribution in [0.1, 0.15) is 11.3 Å². The van der Waals surface area contributed by atoms with Crippen LogP contribution in [0, 0.1) is 6.92 Å². The minimum absolute atomic E-state index is 0.170. The van der Waals surface area contributed by atoms with Crippen molar-refractivity contribution in [3.8, 4) is 0 Å². The third kappa shape index (κ3) is 3.53. The average molecular weight is 321 g/mol. The Hall–Kier alpha value is -0.960. The molecule has 1 N–H and O–H groups in total. The van der Waals surface area contributed by atoms with Crippen LogP contribution in [0.15, 0.2) is 16.6 Å². The molecule has 2 rings (SSSR count). The summed E-state index contributed by atoms with van der Waals surface area (Å²) in [6.45, 7) is 1.93. The monoisotopic (exact) mass is 320 g/mol. The fourth-order valence-corrected chi connectivity index (χ4v) is 4.41. The zero-order valence-electron chi connectivity index (χ0n) is 10.4. The van der Waals surface area contributed by atoms with Gasteiger partial charge in [0.2, 0.25) is 0 Å². The molecule has 9 heteroatoms. The van der Waals surface area contributed by atoms with E-state index in [1.54, 1.807) is 17.8 Å². The van der Waals surface area contributed by atoms with Crippen molar-refractivity contribution in [3.63, 3.8) is 0 Å². The van der Waals surface area contributed by atoms with Gasteiger partial charge in [0.15, 0.2) is 8.68 Å². The van der Waals surface area contributed by atoms with Crippen LogP contribution in [0.4, 0.5) is 0 Å². The second kappa shape index (κ2) is 5.58. The maximum absolute atomic E-state index is 12.0. The zero-order chi connectivity index (χ0) is 14.0. The quantitative estimate of drug-likeness (QED) is 0.902. The van der Waals surface area contributed by atoms with Crippen molar-refractivity contribution in [3.05, 3.63) is 28.1 Å². The highest BCUT2D eigenvalue weighted by Gasteiger charge is 2.20. The summed E-state index contributed by atoms with van der Waals surface area (Å²) in [6.07, 6.45) is 4.14. The fourth-order valence-electron chi connectivity index (χ4n) is 1.60. The van der Waals surface area contributed by atoms with Gasteiger partial charge in [-0.1, -0.05) is 22.9 Å². The van der Waals surface area contributed by atoms with Crippen LogP contribution in [0.25, 0.3) is 0 Å². The summed E-state index contributed by atoms with van der Waals surface area (Å²) in [5.41, 5.74) is 1.40. The molecule has 0 spiro atoms. The SMILES string of the molecule is Cc1nc(Cl)sc1S(=O)(=O)NCCc1cnn(C)c1. The number of sulfonamides is 1. The van der Waals surface area contributed by atoms with Crippen LogP contribution < -0.4 is 4.72 Å². The van der Waals surface area contributed by atoms with Gasteiger partial charge in [-0.3, -0.25) is 4.68 Å². The van der Waals surface area contributed by atoms with Gasteiger partial charge >= 0.3 is 0 Å². The number of halogens is 1. The van der Waals surface area contributed by atoms with Crippen molar-refractivity contribution in [2.75, 3.05) is 6.54 Å². The molecule has 0 radical (unpaired) electrons. The first-order valence-electron chi connectivity index (χ1n) is 5.48. The van der Waals surface area contributed by atoms with E-state index in [2.05, 4.69) is 14.8 Å². The Morgan fingerprint density at radius 2 is 2.26 bits per heavy atom. The lowest BCUT2D eigenvalue weighted by Crippen LogP contribution is -2.25. The van der Waals surface area contributed by atoms with Crippen LogP contribution in [-0.2, 0) is 23.5 Å². The fraction of sp³-hybridized carbons (Fsp3) is 0.400. The number of aromatic nitrogens is 3. The Kier molecular flexibility index (Phi) is 4.24. The van der Waals surface area contributed by atoms with Gasteiger partial charge in [-0.25, -0.2) is 18.1 Å². The highest BCUT2D eigenvalue weighted by molar-refractivity contribution is 7.91. The van der Waals surface area contributed by atoms with Gasteiger partial charge in [0, 0.05) is 19.8 Å². The maximum atomic E-state index is 12.0. The molecule has 6 nitrogen and oxygen atoms in total. The summed E-state index contributed by atoms with van der Waals surface area (Å²) in [5.74, 6) is 0. The Morgan fingerprint density at radius 1 is 1.53 bits per heavy atom. The molecule has 19 heavy (non-hydrogen) atoms. The van der Waals surface area contributed by atoms with E-state index in [1.807, 2.05) is 13.2 Å². The third-order valence-electron chi connectivity index (χ3n) is 2.44. The molecule has 0 amide bonds. The largest absolute Gasteiger partial charge is 0.276 e. The van der Waals surface area contributed by atoms with Crippen molar-refractivity contribution in [1.29, 1.82) is 0 Å². The summed E-state index contributed by atoms with van der Waals surface area (Å²) < 4.78 is 28.7. The van der Waals surface area contributed by atoms with Crippen molar-refractivity contribution < 1.29 is 8.42 Å². The molecule has 0 unspecified atom stereocenters. The zero-order valence-corrected chi connectivity index (χ0v) is 12.8. The molecule has 0 fully saturated rings. The van der Waals surface area contributed by atoms with Crippen LogP contribution in [0.2, 0.25) is 4.47 Å². The molecule has 0 saturated heterocycles. The minimum Gasteiger partial charge on any atom is -0.276 e. The average Bonchev–Trinajstić information content (AvgIpc) is 2.85. The molecular weight excluding hydrogens is 308 g/mol. The van der Waals surface area contributed by atoms with E-state index in [0.29, 0.717) is 18.7 Å². The number of hydrogen-bond acceptors (Lipinski definition) is 5. The predicted octanol–water partition coefficient (Wildman–Crippen LogP) is 1.36. The van der Waals surface area contributed by atoms with Gasteiger partial charge in [-0.2, -0.15) is 5.10 Å². The van der Waals surface area contributed by atoms with Gasteiger partial charge in [-0.05, 0) is 18.9 Å². The van der Waals surface area contributed by atoms with Gasteiger partial charge in [-0.15, -0.1) is 0 Å². The topological polar surface area (TPSA) is 76.9 Å². The summed E-state index contributed by atoms with van der Waals surface area (Å²) in [6, 6.07) is 0. The van der Waals surface area contributed by atoms with Crippen LogP contribution >= 0.6 is 22.9 Å². The molecule has 0 atom stereocenters. The number of nitrogens with zero attached hydrogens (tertiary/aromatic N) is 3. The second-order valence-electron chi connectivity index (χ2n) is 4.01. The molecular formula is C10H13ClN4O2S2. The summed E-state index contributed by atoms with van der Waals surface area (Å²) in [7, 11) is -1.72. The third-order valence-corrected chi connectivity index (χ3v) is 5.77. The van der Waals surface area contributed by atoms with Crippen molar-refractivity contribution in [2.24, 2.45) is 7.05 Å². The Labute approximate surface area is 120 Å². The van der Waals surface area contributed by atoms with E-state index in [-0.39, 0.29) is 8.68 Å². The first kappa shape index (κ1) is 14.4. The van der Waals surface area contributed by atoms with Gasteiger partial charge in [0.05, 0.1) is 11.9 Å². The van der Waals surface area contributed by atoms with Crippen molar-refractivity contribution >= 4 is 33.0 Å². The van der Waals surface area contributed by atoms with Crippen molar-refractivity contribution in [1.82, 2.24) is 19.5 Å². The highest BCUT2D eigenvalue weighted by Crippen LogP contribution is 2.26. The van der Waals surface area contributed by atoms with Crippen LogP contribution in [0.3, 0.4) is 0 Å². The lowest BCUT2D eigenvalue weighted by Gasteiger charge is -2.04. The summed E-state index contributed by atoms with van der Waals surface area (Å²) in [5, 5.41) is 4.02. The van der Waals surface area contributed by atoms with E-state index < -0.39 is 10.0 Å². The number of rotatable bonds is 5. The minimum atomic E-state index is -3.54. The first-order valence-corrected chi connectivity index (χ1v) is 8.16. The van der Waals surface area contributed by atoms with E-state index in [0.717, 1.165) is 16.9 Å². The lowest BCUT2D eigenvalue weighted by atomic mass is 10.3. The van der Waals surface area contributed by atoms with E-state index in [4.69, 9.17) is 11.6 Å². The molecule has 2 aromatic rings. The Morgan fingerprint density at radius 3 is 2.79 bits per heavy atom. The lowest BCUT2D eigenvalue weighted by molar-refractivity contribution is 0.583. The standard InChI is InChI=1S/C10H13ClN4O2S2/c1-7-9(18-10(11)14-7)19(16,17)13-4-3-8-5-12-15(2)6-8/h5-6,13H,3-4H2,1-2H3. The van der Waals surface area contributed by atoms with E-state index in [9.17, 15) is 8.42 Å². The highest BCUT2D eigenvalue weighted by atomic mass is 35.5. The maximum Gasteiger partial charge on any atom is 0.251 e.